The Bertz CT molecular complexity index is 2020. The maximum Gasteiger partial charge on any atom is 0.262 e. The highest BCUT2D eigenvalue weighted by molar-refractivity contribution is 6.23. The maximum atomic E-state index is 13.2. The third-order valence-electron chi connectivity index (χ3n) is 10.8. The Hall–Kier alpha value is -4.97. The first kappa shape index (κ1) is 29.2. The largest absolute Gasteiger partial charge is 0.393 e. The normalized spacial score (nSPS) is 26.7. The molecule has 3 aliphatic carbocycles. The van der Waals surface area contributed by atoms with Gasteiger partial charge in [0.2, 0.25) is 11.8 Å². The first-order valence-corrected chi connectivity index (χ1v) is 16.9. The number of rotatable bonds is 8. The molecule has 4 aromatic rings. The van der Waals surface area contributed by atoms with Crippen LogP contribution in [0.25, 0.3) is 22.3 Å². The van der Waals surface area contributed by atoms with Crippen LogP contribution in [0.1, 0.15) is 101 Å². The number of fused-ring (bicyclic) bond motifs is 2. The number of benzene rings is 2. The van der Waals surface area contributed by atoms with Gasteiger partial charge in [0.1, 0.15) is 6.04 Å². The van der Waals surface area contributed by atoms with E-state index in [0.29, 0.717) is 24.3 Å². The molecule has 1 atom stereocenters. The number of amides is 4. The topological polar surface area (TPSA) is 159 Å². The van der Waals surface area contributed by atoms with Crippen LogP contribution in [0.2, 0.25) is 0 Å². The van der Waals surface area contributed by atoms with Gasteiger partial charge >= 0.3 is 0 Å². The summed E-state index contributed by atoms with van der Waals surface area (Å²) in [5, 5.41) is 20.5. The number of hydrogen-bond donors (Lipinski definition) is 3. The van der Waals surface area contributed by atoms with Crippen molar-refractivity contribution in [3.05, 3.63) is 71.2 Å². The Morgan fingerprint density at radius 2 is 1.69 bits per heavy atom. The first-order valence-electron chi connectivity index (χ1n) is 16.9. The SMILES string of the molecule is O=C1CCC(N2C(=O)c3ccc(NCC4CC(n5cc(-c6cnc7ccc(C8CC(O)C8)cc7n6)c(C6CC6)n5)C4)cc3C2=O)C(=O)N1. The van der Waals surface area contributed by atoms with Gasteiger partial charge in [0.15, 0.2) is 0 Å². The van der Waals surface area contributed by atoms with Gasteiger partial charge in [-0.25, -0.2) is 4.98 Å². The number of aliphatic hydroxyl groups excluding tert-OH is 1. The average Bonchev–Trinajstić information content (AvgIpc) is 3.76. The lowest BCUT2D eigenvalue weighted by Gasteiger charge is -2.35. The quantitative estimate of drug-likeness (QED) is 0.240. The van der Waals surface area contributed by atoms with E-state index in [9.17, 15) is 24.3 Å². The first-order chi connectivity index (χ1) is 23.3. The number of nitrogens with zero attached hydrogens (tertiary/aromatic N) is 5. The van der Waals surface area contributed by atoms with Gasteiger partial charge < -0.3 is 10.4 Å². The monoisotopic (exact) mass is 645 g/mol. The number of anilines is 1. The second kappa shape index (κ2) is 11.0. The predicted octanol–water partition coefficient (Wildman–Crippen LogP) is 4.07. The minimum atomic E-state index is -0.976. The molecule has 0 spiro atoms. The Kier molecular flexibility index (Phi) is 6.72. The fraction of sp³-hybridized carbons (Fsp3) is 0.417. The van der Waals surface area contributed by atoms with Crippen LogP contribution in [0.3, 0.4) is 0 Å². The molecule has 12 heteroatoms. The number of aromatic nitrogens is 4. The van der Waals surface area contributed by atoms with Gasteiger partial charge in [-0.05, 0) is 92.7 Å². The molecule has 2 aromatic carbocycles. The molecule has 48 heavy (non-hydrogen) atoms. The summed E-state index contributed by atoms with van der Waals surface area (Å²) in [5.41, 5.74) is 7.24. The molecule has 12 nitrogen and oxygen atoms in total. The van der Waals surface area contributed by atoms with Crippen LogP contribution >= 0.6 is 0 Å². The minimum Gasteiger partial charge on any atom is -0.393 e. The molecule has 3 saturated carbocycles. The highest BCUT2D eigenvalue weighted by Crippen LogP contribution is 2.46. The number of nitrogens with one attached hydrogen (secondary N) is 2. The highest BCUT2D eigenvalue weighted by Gasteiger charge is 2.45. The Balaban J connectivity index is 0.860. The standard InChI is InChI=1S/C36H35N7O5/c44-24-11-21(12-24)20-3-6-28-29(13-20)39-30(16-38-28)27-17-42(41-33(27)19-1-2-19)23-9-18(10-23)15-37-22-4-5-25-26(14-22)36(48)43(35(25)47)31-7-8-32(45)40-34(31)46/h3-6,13-14,16-19,21,23-24,31,37,44H,1-2,7-12,15H2,(H,40,45,46). The minimum absolute atomic E-state index is 0.0897. The van der Waals surface area contributed by atoms with Crippen LogP contribution in [0.5, 0.6) is 0 Å². The van der Waals surface area contributed by atoms with Crippen molar-refractivity contribution in [2.75, 3.05) is 11.9 Å². The summed E-state index contributed by atoms with van der Waals surface area (Å²) < 4.78 is 2.11. The molecular formula is C36H35N7O5. The van der Waals surface area contributed by atoms with Crippen molar-refractivity contribution in [1.29, 1.82) is 0 Å². The average molecular weight is 646 g/mol. The van der Waals surface area contributed by atoms with E-state index < -0.39 is 29.7 Å². The van der Waals surface area contributed by atoms with Crippen LogP contribution in [-0.2, 0) is 9.59 Å². The zero-order valence-corrected chi connectivity index (χ0v) is 26.3. The molecule has 0 radical (unpaired) electrons. The van der Waals surface area contributed by atoms with E-state index in [1.165, 1.54) is 5.56 Å². The molecule has 1 unspecified atom stereocenters. The fourth-order valence-electron chi connectivity index (χ4n) is 7.65. The number of carbonyl (C=O) groups excluding carboxylic acids is 4. The summed E-state index contributed by atoms with van der Waals surface area (Å²) in [4.78, 5) is 60.9. The number of imide groups is 2. The summed E-state index contributed by atoms with van der Waals surface area (Å²) in [7, 11) is 0. The van der Waals surface area contributed by atoms with E-state index >= 15 is 0 Å². The van der Waals surface area contributed by atoms with Crippen LogP contribution < -0.4 is 10.6 Å². The lowest BCUT2D eigenvalue weighted by Crippen LogP contribution is -2.54. The van der Waals surface area contributed by atoms with Crippen LogP contribution in [0, 0.1) is 5.92 Å². The second-order valence-electron chi connectivity index (χ2n) is 14.1. The lowest BCUT2D eigenvalue weighted by atomic mass is 9.77. The van der Waals surface area contributed by atoms with Crippen molar-refractivity contribution in [3.63, 3.8) is 0 Å². The number of hydrogen-bond acceptors (Lipinski definition) is 9. The molecule has 4 fully saturated rings. The molecule has 4 heterocycles. The van der Waals surface area contributed by atoms with E-state index in [0.717, 1.165) is 77.1 Å². The predicted molar refractivity (Wildman–Crippen MR) is 174 cm³/mol. The summed E-state index contributed by atoms with van der Waals surface area (Å²) in [6.07, 6.45) is 9.81. The molecule has 5 aliphatic rings. The van der Waals surface area contributed by atoms with Gasteiger partial charge in [-0.1, -0.05) is 6.07 Å². The Labute approximate surface area is 275 Å². The van der Waals surface area contributed by atoms with Crippen LogP contribution in [0.15, 0.2) is 48.8 Å². The van der Waals surface area contributed by atoms with E-state index in [2.05, 4.69) is 33.6 Å². The third kappa shape index (κ3) is 4.97. The highest BCUT2D eigenvalue weighted by atomic mass is 16.3. The van der Waals surface area contributed by atoms with Crippen molar-refractivity contribution in [1.82, 2.24) is 30.0 Å². The molecule has 2 aliphatic heterocycles. The molecule has 244 valence electrons. The van der Waals surface area contributed by atoms with Crippen molar-refractivity contribution in [2.24, 2.45) is 5.92 Å². The molecule has 2 aromatic heterocycles. The van der Waals surface area contributed by atoms with Crippen molar-refractivity contribution < 1.29 is 24.3 Å². The molecule has 9 rings (SSSR count). The smallest absolute Gasteiger partial charge is 0.262 e. The van der Waals surface area contributed by atoms with Gasteiger partial charge in [-0.2, -0.15) is 5.10 Å². The number of piperidine rings is 1. The van der Waals surface area contributed by atoms with Crippen LogP contribution in [0.4, 0.5) is 5.69 Å². The summed E-state index contributed by atoms with van der Waals surface area (Å²) in [6.45, 7) is 0.717. The molecule has 0 bridgehead atoms. The van der Waals surface area contributed by atoms with E-state index in [1.54, 1.807) is 18.2 Å². The Morgan fingerprint density at radius 1 is 0.875 bits per heavy atom. The third-order valence-corrected chi connectivity index (χ3v) is 10.8. The maximum absolute atomic E-state index is 13.2. The number of aliphatic hydroxyl groups is 1. The Morgan fingerprint density at radius 3 is 2.46 bits per heavy atom. The van der Waals surface area contributed by atoms with Crippen molar-refractivity contribution in [2.45, 2.75) is 81.4 Å². The molecular weight excluding hydrogens is 610 g/mol. The van der Waals surface area contributed by atoms with E-state index in [-0.39, 0.29) is 36.1 Å². The summed E-state index contributed by atoms with van der Waals surface area (Å²) >= 11 is 0. The molecule has 4 amide bonds. The molecule has 1 saturated heterocycles. The second-order valence-corrected chi connectivity index (χ2v) is 14.1. The summed E-state index contributed by atoms with van der Waals surface area (Å²) in [6, 6.07) is 10.7. The van der Waals surface area contributed by atoms with Gasteiger partial charge in [-0.15, -0.1) is 0 Å². The fourth-order valence-corrected chi connectivity index (χ4v) is 7.65. The van der Waals surface area contributed by atoms with Gasteiger partial charge in [-0.3, -0.25) is 39.1 Å². The zero-order valence-electron chi connectivity index (χ0n) is 26.3. The van der Waals surface area contributed by atoms with Gasteiger partial charge in [0.05, 0.1) is 51.9 Å². The van der Waals surface area contributed by atoms with Crippen molar-refractivity contribution in [3.8, 4) is 11.3 Å². The van der Waals surface area contributed by atoms with Gasteiger partial charge in [0, 0.05) is 36.3 Å². The lowest BCUT2D eigenvalue weighted by molar-refractivity contribution is -0.136. The molecule has 3 N–H and O–H groups in total. The zero-order chi connectivity index (χ0) is 32.7. The van der Waals surface area contributed by atoms with Gasteiger partial charge in [0.25, 0.3) is 11.8 Å². The van der Waals surface area contributed by atoms with Crippen LogP contribution in [-0.4, -0.2) is 72.1 Å². The van der Waals surface area contributed by atoms with Crippen molar-refractivity contribution >= 4 is 40.3 Å². The van der Waals surface area contributed by atoms with E-state index in [4.69, 9.17) is 15.1 Å². The van der Waals surface area contributed by atoms with E-state index in [1.807, 2.05) is 12.3 Å². The summed E-state index contributed by atoms with van der Waals surface area (Å²) in [5.74, 6) is -0.763. The number of carbonyl (C=O) groups is 4.